The highest BCUT2D eigenvalue weighted by Gasteiger charge is 2.25. The number of nitrogens with one attached hydrogen (secondary N) is 1. The van der Waals surface area contributed by atoms with Crippen molar-refractivity contribution in [3.05, 3.63) is 0 Å². The molecule has 1 fully saturated rings. The molecule has 1 rings (SSSR count). The Bertz CT molecular complexity index is 339. The summed E-state index contributed by atoms with van der Waals surface area (Å²) in [5.74, 6) is -1.21. The highest BCUT2D eigenvalue weighted by molar-refractivity contribution is 5.87. The number of aliphatic carboxylic acids is 1. The second-order valence-corrected chi connectivity index (χ2v) is 4.45. The molecule has 0 aromatic rings. The van der Waals surface area contributed by atoms with Gasteiger partial charge in [-0.05, 0) is 19.8 Å². The van der Waals surface area contributed by atoms with E-state index in [1.165, 1.54) is 7.05 Å². The van der Waals surface area contributed by atoms with E-state index in [2.05, 4.69) is 5.32 Å². The number of carbonyl (C=O) groups excluding carboxylic acids is 2. The third kappa shape index (κ3) is 3.90. The van der Waals surface area contributed by atoms with Gasteiger partial charge in [0.15, 0.2) is 0 Å². The summed E-state index contributed by atoms with van der Waals surface area (Å²) in [4.78, 5) is 36.7. The first-order chi connectivity index (χ1) is 8.41. The van der Waals surface area contributed by atoms with Gasteiger partial charge in [-0.2, -0.15) is 0 Å². The predicted molar refractivity (Wildman–Crippen MR) is 64.1 cm³/mol. The number of likely N-dealkylation sites (tertiary alicyclic amines) is 1. The Kier molecular flexibility index (Phi) is 4.94. The highest BCUT2D eigenvalue weighted by atomic mass is 16.4. The lowest BCUT2D eigenvalue weighted by molar-refractivity contribution is -0.137. The quantitative estimate of drug-likeness (QED) is 0.725. The molecule has 1 atom stereocenters. The van der Waals surface area contributed by atoms with E-state index in [1.807, 2.05) is 0 Å². The van der Waals surface area contributed by atoms with Gasteiger partial charge in [0.05, 0.1) is 0 Å². The van der Waals surface area contributed by atoms with Crippen molar-refractivity contribution in [2.24, 2.45) is 0 Å². The Balaban J connectivity index is 2.43. The van der Waals surface area contributed by atoms with Gasteiger partial charge in [0, 0.05) is 20.1 Å². The summed E-state index contributed by atoms with van der Waals surface area (Å²) < 4.78 is 0. The molecule has 1 aliphatic heterocycles. The molecule has 0 aliphatic carbocycles. The smallest absolute Gasteiger partial charge is 0.323 e. The van der Waals surface area contributed by atoms with Crippen LogP contribution in [0.3, 0.4) is 0 Å². The van der Waals surface area contributed by atoms with Crippen LogP contribution in [0.5, 0.6) is 0 Å². The third-order valence-corrected chi connectivity index (χ3v) is 2.85. The van der Waals surface area contributed by atoms with Gasteiger partial charge >= 0.3 is 12.0 Å². The van der Waals surface area contributed by atoms with Gasteiger partial charge < -0.3 is 20.2 Å². The van der Waals surface area contributed by atoms with Crippen LogP contribution in [0.2, 0.25) is 0 Å². The number of carboxylic acids is 1. The van der Waals surface area contributed by atoms with Gasteiger partial charge in [0.2, 0.25) is 5.91 Å². The summed E-state index contributed by atoms with van der Waals surface area (Å²) in [5, 5.41) is 11.0. The minimum absolute atomic E-state index is 0.121. The van der Waals surface area contributed by atoms with Crippen molar-refractivity contribution in [2.45, 2.75) is 25.8 Å². The molecule has 1 saturated heterocycles. The zero-order valence-electron chi connectivity index (χ0n) is 10.7. The summed E-state index contributed by atoms with van der Waals surface area (Å²) >= 11 is 0. The molecule has 7 heteroatoms. The summed E-state index contributed by atoms with van der Waals surface area (Å²) in [7, 11) is 1.37. The first kappa shape index (κ1) is 14.3. The van der Waals surface area contributed by atoms with Crippen LogP contribution >= 0.6 is 0 Å². The molecule has 1 aliphatic rings. The van der Waals surface area contributed by atoms with Gasteiger partial charge in [-0.25, -0.2) is 4.79 Å². The molecule has 3 amide bonds. The van der Waals surface area contributed by atoms with Gasteiger partial charge in [-0.15, -0.1) is 0 Å². The van der Waals surface area contributed by atoms with Crippen molar-refractivity contribution < 1.29 is 19.5 Å². The second kappa shape index (κ2) is 6.23. The first-order valence-electron chi connectivity index (χ1n) is 5.94. The molecular weight excluding hydrogens is 238 g/mol. The maximum Gasteiger partial charge on any atom is 0.323 e. The molecule has 0 aromatic heterocycles. The number of likely N-dealkylation sites (N-methyl/N-ethyl adjacent to an activating group) is 1. The molecule has 0 saturated carbocycles. The number of hydrogen-bond donors (Lipinski definition) is 2. The van der Waals surface area contributed by atoms with Crippen LogP contribution in [0, 0.1) is 0 Å². The van der Waals surface area contributed by atoms with E-state index in [4.69, 9.17) is 5.11 Å². The van der Waals surface area contributed by atoms with Crippen LogP contribution < -0.4 is 5.32 Å². The maximum absolute atomic E-state index is 11.9. The number of rotatable bonds is 4. The van der Waals surface area contributed by atoms with E-state index < -0.39 is 24.6 Å². The largest absolute Gasteiger partial charge is 0.480 e. The van der Waals surface area contributed by atoms with E-state index in [1.54, 1.807) is 11.8 Å². The SMILES string of the molecule is CC(NC(=O)N(C)CC(=O)O)C(=O)N1CCCC1. The fraction of sp³-hybridized carbons (Fsp3) is 0.727. The lowest BCUT2D eigenvalue weighted by atomic mass is 10.3. The topological polar surface area (TPSA) is 90.0 Å². The summed E-state index contributed by atoms with van der Waals surface area (Å²) in [5.41, 5.74) is 0. The van der Waals surface area contributed by atoms with Crippen LogP contribution in [-0.2, 0) is 9.59 Å². The minimum Gasteiger partial charge on any atom is -0.480 e. The Morgan fingerprint density at radius 2 is 1.89 bits per heavy atom. The monoisotopic (exact) mass is 257 g/mol. The Morgan fingerprint density at radius 3 is 2.39 bits per heavy atom. The van der Waals surface area contributed by atoms with Crippen LogP contribution in [0.4, 0.5) is 4.79 Å². The van der Waals surface area contributed by atoms with Crippen molar-refractivity contribution in [1.82, 2.24) is 15.1 Å². The second-order valence-electron chi connectivity index (χ2n) is 4.45. The Morgan fingerprint density at radius 1 is 1.33 bits per heavy atom. The number of urea groups is 1. The van der Waals surface area contributed by atoms with E-state index in [0.717, 1.165) is 30.8 Å². The van der Waals surface area contributed by atoms with Crippen LogP contribution in [0.15, 0.2) is 0 Å². The number of carboxylic acid groups (broad SMARTS) is 1. The van der Waals surface area contributed by atoms with Gasteiger partial charge in [0.25, 0.3) is 0 Å². The molecule has 0 bridgehead atoms. The third-order valence-electron chi connectivity index (χ3n) is 2.85. The molecule has 0 spiro atoms. The number of carbonyl (C=O) groups is 3. The van der Waals surface area contributed by atoms with E-state index in [-0.39, 0.29) is 5.91 Å². The van der Waals surface area contributed by atoms with E-state index in [9.17, 15) is 14.4 Å². The average molecular weight is 257 g/mol. The Hall–Kier alpha value is -1.79. The zero-order chi connectivity index (χ0) is 13.7. The molecule has 2 N–H and O–H groups in total. The van der Waals surface area contributed by atoms with Crippen molar-refractivity contribution in [2.75, 3.05) is 26.7 Å². The van der Waals surface area contributed by atoms with Crippen molar-refractivity contribution in [3.8, 4) is 0 Å². The molecule has 1 heterocycles. The van der Waals surface area contributed by atoms with Crippen molar-refractivity contribution in [1.29, 1.82) is 0 Å². The standard InChI is InChI=1S/C11H19N3O4/c1-8(10(17)14-5-3-4-6-14)12-11(18)13(2)7-9(15)16/h8H,3-7H2,1-2H3,(H,12,18)(H,15,16). The fourth-order valence-corrected chi connectivity index (χ4v) is 1.84. The van der Waals surface area contributed by atoms with Crippen molar-refractivity contribution in [3.63, 3.8) is 0 Å². The van der Waals surface area contributed by atoms with E-state index >= 15 is 0 Å². The summed E-state index contributed by atoms with van der Waals surface area (Å²) in [6.07, 6.45) is 1.98. The molecule has 1 unspecified atom stereocenters. The lowest BCUT2D eigenvalue weighted by Gasteiger charge is -2.23. The summed E-state index contributed by atoms with van der Waals surface area (Å²) in [6.45, 7) is 2.66. The van der Waals surface area contributed by atoms with Gasteiger partial charge in [-0.1, -0.05) is 0 Å². The molecule has 0 aromatic carbocycles. The molecular formula is C11H19N3O4. The maximum atomic E-state index is 11.9. The molecule has 18 heavy (non-hydrogen) atoms. The highest BCUT2D eigenvalue weighted by Crippen LogP contribution is 2.09. The normalized spacial score (nSPS) is 16.2. The average Bonchev–Trinajstić information content (AvgIpc) is 2.80. The summed E-state index contributed by atoms with van der Waals surface area (Å²) in [6, 6.07) is -1.19. The Labute approximate surface area is 106 Å². The molecule has 7 nitrogen and oxygen atoms in total. The first-order valence-corrected chi connectivity index (χ1v) is 5.94. The van der Waals surface area contributed by atoms with Crippen LogP contribution in [0.1, 0.15) is 19.8 Å². The van der Waals surface area contributed by atoms with E-state index in [0.29, 0.717) is 0 Å². The zero-order valence-corrected chi connectivity index (χ0v) is 10.7. The number of nitrogens with zero attached hydrogens (tertiary/aromatic N) is 2. The molecule has 102 valence electrons. The van der Waals surface area contributed by atoms with Crippen LogP contribution in [0.25, 0.3) is 0 Å². The molecule has 0 radical (unpaired) electrons. The number of hydrogen-bond acceptors (Lipinski definition) is 3. The number of amides is 3. The predicted octanol–water partition coefficient (Wildman–Crippen LogP) is -0.277. The van der Waals surface area contributed by atoms with Gasteiger partial charge in [0.1, 0.15) is 12.6 Å². The van der Waals surface area contributed by atoms with Gasteiger partial charge in [-0.3, -0.25) is 9.59 Å². The fourth-order valence-electron chi connectivity index (χ4n) is 1.84. The lowest BCUT2D eigenvalue weighted by Crippen LogP contribution is -2.50. The van der Waals surface area contributed by atoms with Crippen LogP contribution in [-0.4, -0.2) is 65.5 Å². The van der Waals surface area contributed by atoms with Crippen molar-refractivity contribution >= 4 is 17.9 Å². The minimum atomic E-state index is -1.09.